The largest absolute Gasteiger partial charge is 0.459 e. The average Bonchev–Trinajstić information content (AvgIpc) is 2.59. The van der Waals surface area contributed by atoms with Crippen LogP contribution in [-0.4, -0.2) is 37.2 Å². The van der Waals surface area contributed by atoms with Crippen LogP contribution in [0.5, 0.6) is 0 Å². The lowest BCUT2D eigenvalue weighted by Crippen LogP contribution is -2.51. The summed E-state index contributed by atoms with van der Waals surface area (Å²) >= 11 is 0. The molecule has 0 aromatic heterocycles. The van der Waals surface area contributed by atoms with Crippen molar-refractivity contribution < 1.29 is 19.1 Å². The number of carbonyl (C=O) groups excluding carboxylic acids is 2. The number of ether oxygens (including phenoxy) is 2. The van der Waals surface area contributed by atoms with E-state index in [1.54, 1.807) is 6.08 Å². The van der Waals surface area contributed by atoms with Crippen molar-refractivity contribution in [3.05, 3.63) is 48.6 Å². The second-order valence-electron chi connectivity index (χ2n) is 6.22. The zero-order valence-electron chi connectivity index (χ0n) is 14.9. The molecule has 0 unspecified atom stereocenters. The highest BCUT2D eigenvalue weighted by Crippen LogP contribution is 2.05. The minimum absolute atomic E-state index is 0.000217. The molecule has 1 aromatic rings. The summed E-state index contributed by atoms with van der Waals surface area (Å²) in [5, 5.41) is 2.62. The molecule has 6 heteroatoms. The van der Waals surface area contributed by atoms with Crippen molar-refractivity contribution in [1.29, 1.82) is 0 Å². The minimum atomic E-state index is -0.908. The molecular formula is C19H28N2O4. The number of benzene rings is 1. The summed E-state index contributed by atoms with van der Waals surface area (Å²) in [5.41, 5.74) is 6.73. The van der Waals surface area contributed by atoms with E-state index in [-0.39, 0.29) is 25.7 Å². The molecule has 0 saturated heterocycles. The summed E-state index contributed by atoms with van der Waals surface area (Å²) in [7, 11) is 0. The molecule has 0 spiro atoms. The summed E-state index contributed by atoms with van der Waals surface area (Å²) in [6.07, 6.45) is 2.10. The van der Waals surface area contributed by atoms with Gasteiger partial charge < -0.3 is 20.5 Å². The van der Waals surface area contributed by atoms with Gasteiger partial charge in [-0.25, -0.2) is 4.79 Å². The van der Waals surface area contributed by atoms with Crippen LogP contribution in [0.2, 0.25) is 0 Å². The summed E-state index contributed by atoms with van der Waals surface area (Å²) in [6, 6.07) is 7.73. The zero-order chi connectivity index (χ0) is 18.7. The van der Waals surface area contributed by atoms with Crippen LogP contribution in [0.25, 0.3) is 0 Å². The Hall–Kier alpha value is -2.18. The molecule has 0 saturated carbocycles. The van der Waals surface area contributed by atoms with Crippen molar-refractivity contribution in [2.45, 2.75) is 39.0 Å². The first-order valence-electron chi connectivity index (χ1n) is 8.39. The number of nitrogens with one attached hydrogen (secondary N) is 1. The number of esters is 1. The lowest BCUT2D eigenvalue weighted by Gasteiger charge is -2.20. The summed E-state index contributed by atoms with van der Waals surface area (Å²) in [5.74, 6) is -0.670. The number of hydrogen-bond acceptors (Lipinski definition) is 5. The smallest absolute Gasteiger partial charge is 0.331 e. The van der Waals surface area contributed by atoms with Crippen molar-refractivity contribution >= 4 is 11.9 Å². The van der Waals surface area contributed by atoms with E-state index in [9.17, 15) is 9.59 Å². The van der Waals surface area contributed by atoms with Gasteiger partial charge in [-0.15, -0.1) is 6.58 Å². The van der Waals surface area contributed by atoms with Gasteiger partial charge >= 0.3 is 5.97 Å². The maximum Gasteiger partial charge on any atom is 0.331 e. The minimum Gasteiger partial charge on any atom is -0.459 e. The van der Waals surface area contributed by atoms with Crippen LogP contribution in [0.4, 0.5) is 0 Å². The van der Waals surface area contributed by atoms with Gasteiger partial charge in [0.05, 0.1) is 19.3 Å². The topological polar surface area (TPSA) is 90.6 Å². The number of carbonyl (C=O) groups is 2. The van der Waals surface area contributed by atoms with Gasteiger partial charge in [0, 0.05) is 0 Å². The second kappa shape index (κ2) is 11.4. The van der Waals surface area contributed by atoms with Crippen LogP contribution >= 0.6 is 0 Å². The Balaban J connectivity index is 2.62. The molecule has 1 rings (SSSR count). The predicted octanol–water partition coefficient (Wildman–Crippen LogP) is 1.79. The molecule has 1 aromatic carbocycles. The van der Waals surface area contributed by atoms with Crippen molar-refractivity contribution in [3.63, 3.8) is 0 Å². The molecule has 0 fully saturated rings. The van der Waals surface area contributed by atoms with E-state index >= 15 is 0 Å². The summed E-state index contributed by atoms with van der Waals surface area (Å²) in [4.78, 5) is 24.5. The van der Waals surface area contributed by atoms with Crippen LogP contribution in [0.3, 0.4) is 0 Å². The maximum absolute atomic E-state index is 12.3. The van der Waals surface area contributed by atoms with E-state index in [4.69, 9.17) is 15.2 Å². The molecule has 1 amide bonds. The van der Waals surface area contributed by atoms with Crippen molar-refractivity contribution in [1.82, 2.24) is 5.32 Å². The highest BCUT2D eigenvalue weighted by Gasteiger charge is 2.25. The number of rotatable bonds is 11. The molecule has 0 bridgehead atoms. The van der Waals surface area contributed by atoms with Gasteiger partial charge in [-0.2, -0.15) is 0 Å². The molecular weight excluding hydrogens is 320 g/mol. The average molecular weight is 348 g/mol. The second-order valence-corrected chi connectivity index (χ2v) is 6.22. The molecule has 0 radical (unpaired) electrons. The zero-order valence-corrected chi connectivity index (χ0v) is 14.9. The van der Waals surface area contributed by atoms with Crippen molar-refractivity contribution in [2.75, 3.05) is 13.2 Å². The standard InChI is InChI=1S/C19H28N2O4/c1-4-10-24-13-17(21-18(22)16(20)11-14(2)3)19(23)25-12-15-8-6-5-7-9-15/h4-9,14,16-17H,1,10-13,20H2,2-3H3,(H,21,22)/t16-,17-/m0/s1. The molecule has 25 heavy (non-hydrogen) atoms. The fourth-order valence-electron chi connectivity index (χ4n) is 2.16. The fraction of sp³-hybridized carbons (Fsp3) is 0.474. The highest BCUT2D eigenvalue weighted by molar-refractivity contribution is 5.87. The third-order valence-electron chi connectivity index (χ3n) is 3.41. The van der Waals surface area contributed by atoms with Gasteiger partial charge in [-0.05, 0) is 17.9 Å². The molecule has 3 N–H and O–H groups in total. The summed E-state index contributed by atoms with van der Waals surface area (Å²) in [6.45, 7) is 7.91. The number of amides is 1. The van der Waals surface area contributed by atoms with E-state index in [1.807, 2.05) is 44.2 Å². The van der Waals surface area contributed by atoms with E-state index in [0.717, 1.165) is 5.56 Å². The Bertz CT molecular complexity index is 546. The third-order valence-corrected chi connectivity index (χ3v) is 3.41. The van der Waals surface area contributed by atoms with E-state index in [1.165, 1.54) is 0 Å². The van der Waals surface area contributed by atoms with Gasteiger partial charge in [0.2, 0.25) is 5.91 Å². The summed E-state index contributed by atoms with van der Waals surface area (Å²) < 4.78 is 10.6. The quantitative estimate of drug-likeness (QED) is 0.361. The van der Waals surface area contributed by atoms with Crippen molar-refractivity contribution in [3.8, 4) is 0 Å². The Morgan fingerprint density at radius 2 is 1.96 bits per heavy atom. The molecule has 0 heterocycles. The Morgan fingerprint density at radius 1 is 1.28 bits per heavy atom. The predicted molar refractivity (Wildman–Crippen MR) is 96.6 cm³/mol. The van der Waals surface area contributed by atoms with Crippen LogP contribution in [0.1, 0.15) is 25.8 Å². The van der Waals surface area contributed by atoms with Gasteiger partial charge in [0.25, 0.3) is 0 Å². The normalized spacial score (nSPS) is 13.1. The van der Waals surface area contributed by atoms with Crippen molar-refractivity contribution in [2.24, 2.45) is 11.7 Å². The van der Waals surface area contributed by atoms with Gasteiger partial charge in [-0.1, -0.05) is 50.3 Å². The number of nitrogens with two attached hydrogens (primary N) is 1. The fourth-order valence-corrected chi connectivity index (χ4v) is 2.16. The van der Waals surface area contributed by atoms with E-state index in [0.29, 0.717) is 6.42 Å². The maximum atomic E-state index is 12.3. The lowest BCUT2D eigenvalue weighted by molar-refractivity contribution is -0.151. The Morgan fingerprint density at radius 3 is 2.56 bits per heavy atom. The molecule has 6 nitrogen and oxygen atoms in total. The number of hydrogen-bond donors (Lipinski definition) is 2. The lowest BCUT2D eigenvalue weighted by atomic mass is 10.0. The van der Waals surface area contributed by atoms with Crippen LogP contribution in [0.15, 0.2) is 43.0 Å². The van der Waals surface area contributed by atoms with Crippen LogP contribution in [-0.2, 0) is 25.7 Å². The SMILES string of the molecule is C=CCOC[C@H](NC(=O)[C@@H](N)CC(C)C)C(=O)OCc1ccccc1. The first kappa shape index (κ1) is 20.9. The van der Waals surface area contributed by atoms with E-state index < -0.39 is 24.0 Å². The van der Waals surface area contributed by atoms with Crippen LogP contribution in [0, 0.1) is 5.92 Å². The van der Waals surface area contributed by atoms with Gasteiger partial charge in [0.15, 0.2) is 6.04 Å². The van der Waals surface area contributed by atoms with Gasteiger partial charge in [0.1, 0.15) is 6.61 Å². The molecule has 138 valence electrons. The van der Waals surface area contributed by atoms with E-state index in [2.05, 4.69) is 11.9 Å². The third kappa shape index (κ3) is 8.47. The highest BCUT2D eigenvalue weighted by atomic mass is 16.5. The Labute approximate surface area is 149 Å². The molecule has 0 aliphatic rings. The van der Waals surface area contributed by atoms with Crippen LogP contribution < -0.4 is 11.1 Å². The first-order valence-corrected chi connectivity index (χ1v) is 8.39. The molecule has 2 atom stereocenters. The monoisotopic (exact) mass is 348 g/mol. The molecule has 0 aliphatic heterocycles. The van der Waals surface area contributed by atoms with Gasteiger partial charge in [-0.3, -0.25) is 4.79 Å². The Kier molecular flexibility index (Phi) is 9.50. The first-order chi connectivity index (χ1) is 11.9. The molecule has 0 aliphatic carbocycles.